The second-order valence-corrected chi connectivity index (χ2v) is 18.1. The molecule has 0 aromatic heterocycles. The topological polar surface area (TPSA) is 116 Å². The summed E-state index contributed by atoms with van der Waals surface area (Å²) in [6.07, 6.45) is 2.71. The number of fused-ring (bicyclic) bond motifs is 6. The van der Waals surface area contributed by atoms with E-state index in [0.29, 0.717) is 19.4 Å². The lowest BCUT2D eigenvalue weighted by molar-refractivity contribution is -0.439. The molecule has 8 nitrogen and oxygen atoms in total. The zero-order valence-electron chi connectivity index (χ0n) is 30.6. The van der Waals surface area contributed by atoms with E-state index in [1.165, 1.54) is 60.9 Å². The normalized spacial score (nSPS) is 18.5. The highest BCUT2D eigenvalue weighted by molar-refractivity contribution is 7.86. The molecule has 50 heavy (non-hydrogen) atoms. The molecule has 4 aromatic carbocycles. The summed E-state index contributed by atoms with van der Waals surface area (Å²) < 4.78 is 60.0. The molecular formula is C40H50N2O6S2. The van der Waals surface area contributed by atoms with E-state index in [1.54, 1.807) is 0 Å². The van der Waals surface area contributed by atoms with Crippen LogP contribution in [0.2, 0.25) is 0 Å². The number of benzene rings is 4. The molecular weight excluding hydrogens is 669 g/mol. The van der Waals surface area contributed by atoms with Crippen molar-refractivity contribution < 1.29 is 30.1 Å². The van der Waals surface area contributed by atoms with Crippen molar-refractivity contribution in [1.82, 2.24) is 0 Å². The van der Waals surface area contributed by atoms with Crippen LogP contribution in [0.4, 0.5) is 11.4 Å². The number of nitrogens with zero attached hydrogens (tertiary/aromatic N) is 2. The standard InChI is InChI=1S/C20H25NO3S.C16H17N.C4H8O3S/c1-14-7-9-17-16(13-14)8-10-18-19(17)20(3,4)15(2)21(18)11-5-6-12-25(22,23)24;1-10-5-7-13-12(9-10)6-8-14-15(13)16(3,4)11(2)17-14;5-8(6)4-2-1-3-7-8/h7-10,13H,5-6,11-12H2,1-4H3;5-9H,1-4H3;1-4H2. The van der Waals surface area contributed by atoms with Crippen LogP contribution >= 0.6 is 0 Å². The molecule has 0 unspecified atom stereocenters. The summed E-state index contributed by atoms with van der Waals surface area (Å²) in [5.74, 6) is -0.0832. The van der Waals surface area contributed by atoms with Crippen molar-refractivity contribution in [3.63, 3.8) is 0 Å². The fourth-order valence-corrected chi connectivity index (χ4v) is 8.78. The highest BCUT2D eigenvalue weighted by Gasteiger charge is 2.44. The molecule has 1 fully saturated rings. The van der Waals surface area contributed by atoms with Crippen molar-refractivity contribution in [2.45, 2.75) is 91.9 Å². The molecule has 0 spiro atoms. The van der Waals surface area contributed by atoms with Gasteiger partial charge in [-0.05, 0) is 93.1 Å². The van der Waals surface area contributed by atoms with E-state index in [0.717, 1.165) is 25.1 Å². The Morgan fingerprint density at radius 3 is 1.94 bits per heavy atom. The maximum atomic E-state index is 10.8. The van der Waals surface area contributed by atoms with Crippen LogP contribution in [0.3, 0.4) is 0 Å². The zero-order chi connectivity index (χ0) is 36.6. The van der Waals surface area contributed by atoms with Crippen molar-refractivity contribution >= 4 is 64.6 Å². The summed E-state index contributed by atoms with van der Waals surface area (Å²) in [6.45, 7) is 18.6. The van der Waals surface area contributed by atoms with Gasteiger partial charge in [0.05, 0.1) is 33.6 Å². The largest absolute Gasteiger partial charge is 0.748 e. The summed E-state index contributed by atoms with van der Waals surface area (Å²) in [5.41, 5.74) is 10.1. The van der Waals surface area contributed by atoms with Crippen LogP contribution in [0, 0.1) is 13.8 Å². The van der Waals surface area contributed by atoms with Crippen molar-refractivity contribution in [2.24, 2.45) is 4.99 Å². The number of rotatable bonds is 5. The van der Waals surface area contributed by atoms with E-state index < -0.39 is 20.2 Å². The predicted molar refractivity (Wildman–Crippen MR) is 204 cm³/mol. The second kappa shape index (κ2) is 14.3. The monoisotopic (exact) mass is 718 g/mol. The van der Waals surface area contributed by atoms with Crippen molar-refractivity contribution in [1.29, 1.82) is 0 Å². The van der Waals surface area contributed by atoms with Gasteiger partial charge < -0.3 is 4.55 Å². The molecule has 0 radical (unpaired) electrons. The average molecular weight is 719 g/mol. The zero-order valence-corrected chi connectivity index (χ0v) is 32.2. The molecule has 3 aliphatic rings. The van der Waals surface area contributed by atoms with Gasteiger partial charge in [-0.3, -0.25) is 9.18 Å². The molecule has 4 aromatic rings. The van der Waals surface area contributed by atoms with E-state index in [2.05, 4.69) is 125 Å². The molecule has 1 saturated heterocycles. The molecule has 0 N–H and O–H groups in total. The smallest absolute Gasteiger partial charge is 0.267 e. The first kappa shape index (κ1) is 37.8. The summed E-state index contributed by atoms with van der Waals surface area (Å²) in [6, 6.07) is 21.9. The lowest BCUT2D eigenvalue weighted by atomic mass is 9.79. The first-order chi connectivity index (χ1) is 23.3. The minimum atomic E-state index is -4.13. The highest BCUT2D eigenvalue weighted by Crippen LogP contribution is 2.45. The van der Waals surface area contributed by atoms with Crippen LogP contribution in [0.25, 0.3) is 21.5 Å². The summed E-state index contributed by atoms with van der Waals surface area (Å²) in [5, 5.41) is 5.19. The Labute approximate surface area is 298 Å². The number of hydrogen-bond acceptors (Lipinski definition) is 7. The molecule has 7 rings (SSSR count). The van der Waals surface area contributed by atoms with Crippen LogP contribution in [0.1, 0.15) is 89.5 Å². The second-order valence-electron chi connectivity index (χ2n) is 14.8. The van der Waals surface area contributed by atoms with Gasteiger partial charge in [-0.2, -0.15) is 13.0 Å². The Kier molecular flexibility index (Phi) is 10.8. The van der Waals surface area contributed by atoms with Gasteiger partial charge in [0.2, 0.25) is 5.69 Å². The Hall–Kier alpha value is -3.44. The fourth-order valence-electron chi connectivity index (χ4n) is 7.17. The molecule has 0 atom stereocenters. The number of hydrogen-bond donors (Lipinski definition) is 0. The third-order valence-corrected chi connectivity index (χ3v) is 12.5. The van der Waals surface area contributed by atoms with Gasteiger partial charge in [0.1, 0.15) is 6.54 Å². The average Bonchev–Trinajstić information content (AvgIpc) is 3.38. The third-order valence-electron chi connectivity index (χ3n) is 10.4. The van der Waals surface area contributed by atoms with Crippen LogP contribution in [0.5, 0.6) is 0 Å². The summed E-state index contributed by atoms with van der Waals surface area (Å²) in [7, 11) is -7.21. The predicted octanol–water partition coefficient (Wildman–Crippen LogP) is 8.53. The molecule has 3 heterocycles. The fraction of sp³-hybridized carbons (Fsp3) is 0.450. The van der Waals surface area contributed by atoms with Gasteiger partial charge in [0.15, 0.2) is 5.71 Å². The Balaban J connectivity index is 0.000000166. The van der Waals surface area contributed by atoms with Gasteiger partial charge in [0, 0.05) is 41.9 Å². The SMILES string of the molecule is CC1=Nc2ccc3cc(C)ccc3c2C1(C)C.CC1=[N+](CCCCS(=O)(=O)[O-])c2ccc3cc(C)ccc3c2C1(C)C.O=S1(=O)CCCCO1. The first-order valence-electron chi connectivity index (χ1n) is 17.4. The summed E-state index contributed by atoms with van der Waals surface area (Å²) in [4.78, 5) is 4.69. The van der Waals surface area contributed by atoms with E-state index in [1.807, 2.05) is 0 Å². The maximum Gasteiger partial charge on any atom is 0.267 e. The molecule has 3 aliphatic heterocycles. The van der Waals surface area contributed by atoms with Crippen LogP contribution < -0.4 is 0 Å². The minimum Gasteiger partial charge on any atom is -0.748 e. The lowest BCUT2D eigenvalue weighted by Gasteiger charge is -2.21. The van der Waals surface area contributed by atoms with Gasteiger partial charge in [-0.1, -0.05) is 67.4 Å². The quantitative estimate of drug-likeness (QED) is 0.0884. The Morgan fingerprint density at radius 2 is 1.40 bits per heavy atom. The molecule has 10 heteroatoms. The Morgan fingerprint density at radius 1 is 0.800 bits per heavy atom. The molecule has 0 saturated carbocycles. The number of unbranched alkanes of at least 4 members (excludes halogenated alkanes) is 1. The van der Waals surface area contributed by atoms with E-state index in [-0.39, 0.29) is 22.3 Å². The number of aryl methyl sites for hydroxylation is 2. The lowest BCUT2D eigenvalue weighted by Crippen LogP contribution is -2.27. The van der Waals surface area contributed by atoms with Crippen molar-refractivity contribution in [3.8, 4) is 0 Å². The van der Waals surface area contributed by atoms with Gasteiger partial charge >= 0.3 is 0 Å². The van der Waals surface area contributed by atoms with Gasteiger partial charge in [-0.15, -0.1) is 0 Å². The van der Waals surface area contributed by atoms with Crippen molar-refractivity contribution in [2.75, 3.05) is 24.7 Å². The minimum absolute atomic E-state index is 0.0596. The highest BCUT2D eigenvalue weighted by atomic mass is 32.2. The first-order valence-corrected chi connectivity index (χ1v) is 20.5. The number of aliphatic imine (C=N–C) groups is 1. The molecule has 0 amide bonds. The third kappa shape index (κ3) is 8.04. The van der Waals surface area contributed by atoms with Gasteiger partial charge in [-0.25, -0.2) is 8.42 Å². The van der Waals surface area contributed by atoms with Gasteiger partial charge in [0.25, 0.3) is 10.1 Å². The van der Waals surface area contributed by atoms with Crippen LogP contribution in [-0.4, -0.2) is 62.0 Å². The maximum absolute atomic E-state index is 10.8. The van der Waals surface area contributed by atoms with Crippen molar-refractivity contribution in [3.05, 3.63) is 82.9 Å². The summed E-state index contributed by atoms with van der Waals surface area (Å²) >= 11 is 0. The van der Waals surface area contributed by atoms with Crippen LogP contribution in [0.15, 0.2) is 65.7 Å². The van der Waals surface area contributed by atoms with Crippen LogP contribution in [-0.2, 0) is 35.2 Å². The molecule has 0 aliphatic carbocycles. The molecule has 0 bridgehead atoms. The van der Waals surface area contributed by atoms with E-state index >= 15 is 0 Å². The van der Waals surface area contributed by atoms with E-state index in [9.17, 15) is 21.4 Å². The van der Waals surface area contributed by atoms with E-state index in [4.69, 9.17) is 4.99 Å². The Bertz CT molecular complexity index is 2220. The molecule has 268 valence electrons.